The number of ketones is 1. The van der Waals surface area contributed by atoms with Gasteiger partial charge in [0.25, 0.3) is 5.91 Å². The largest absolute Gasteiger partial charge is 0.460 e. The number of aliphatic hydroxyl groups excluding tert-OH is 1. The zero-order valence-corrected chi connectivity index (χ0v) is 29.6. The van der Waals surface area contributed by atoms with Gasteiger partial charge < -0.3 is 29.4 Å². The smallest absolute Gasteiger partial charge is 0.330 e. The number of aliphatic hydroxyl groups is 1. The number of fused-ring (bicyclic) bond motifs is 3. The molecule has 2 aliphatic heterocycles. The third-order valence-electron chi connectivity index (χ3n) is 8.66. The molecule has 2 bridgehead atoms. The predicted molar refractivity (Wildman–Crippen MR) is 180 cm³/mol. The molecule has 1 aromatic heterocycles. The molecule has 0 aliphatic carbocycles. The van der Waals surface area contributed by atoms with Crippen LogP contribution in [0.25, 0.3) is 0 Å². The van der Waals surface area contributed by atoms with Gasteiger partial charge in [-0.3, -0.25) is 14.4 Å². The maximum atomic E-state index is 14.0. The summed E-state index contributed by atoms with van der Waals surface area (Å²) in [5, 5.41) is 11.9. The monoisotopic (exact) mass is 690 g/mol. The first-order valence-electron chi connectivity index (χ1n) is 16.6. The maximum absolute atomic E-state index is 14.0. The molecule has 14 heteroatoms. The lowest BCUT2D eigenvalue weighted by atomic mass is 9.94. The second-order valence-electron chi connectivity index (χ2n) is 12.7. The Morgan fingerprint density at radius 3 is 2.52 bits per heavy atom. The molecule has 3 rings (SSSR count). The van der Waals surface area contributed by atoms with Crippen molar-refractivity contribution in [2.45, 2.75) is 84.3 Å². The number of allylic oxidation sites excluding steroid dienone is 2. The van der Waals surface area contributed by atoms with Crippen molar-refractivity contribution in [3.63, 3.8) is 0 Å². The van der Waals surface area contributed by atoms with Gasteiger partial charge >= 0.3 is 5.97 Å². The highest BCUT2D eigenvalue weighted by Gasteiger charge is 2.50. The van der Waals surface area contributed by atoms with Gasteiger partial charge in [0.1, 0.15) is 24.2 Å². The number of sulfone groups is 1. The molecule has 0 spiro atoms. The van der Waals surface area contributed by atoms with E-state index >= 15 is 0 Å². The van der Waals surface area contributed by atoms with E-state index in [1.807, 2.05) is 32.6 Å². The number of nitrogens with zero attached hydrogens (tertiary/aromatic N) is 3. The minimum Gasteiger partial charge on any atom is -0.460 e. The summed E-state index contributed by atoms with van der Waals surface area (Å²) >= 11 is 0. The topological polar surface area (TPSA) is 176 Å². The number of amides is 2. The van der Waals surface area contributed by atoms with Gasteiger partial charge in [0.2, 0.25) is 11.8 Å². The highest BCUT2D eigenvalue weighted by atomic mass is 32.2. The van der Waals surface area contributed by atoms with Crippen molar-refractivity contribution < 1.29 is 41.9 Å². The van der Waals surface area contributed by atoms with Gasteiger partial charge in [-0.15, -0.1) is 0 Å². The second kappa shape index (κ2) is 17.7. The predicted octanol–water partition coefficient (Wildman–Crippen LogP) is 2.27. The molecule has 48 heavy (non-hydrogen) atoms. The molecule has 13 nitrogen and oxygen atoms in total. The number of esters is 1. The van der Waals surface area contributed by atoms with Crippen LogP contribution in [0, 0.1) is 11.8 Å². The molecule has 0 aromatic carbocycles. The summed E-state index contributed by atoms with van der Waals surface area (Å²) in [6.07, 6.45) is 6.68. The number of hydrogen-bond donors (Lipinski definition) is 2. The summed E-state index contributed by atoms with van der Waals surface area (Å²) in [7, 11) is -3.87. The minimum atomic E-state index is -3.87. The van der Waals surface area contributed by atoms with Crippen LogP contribution in [-0.4, -0.2) is 114 Å². The van der Waals surface area contributed by atoms with Crippen molar-refractivity contribution in [3.05, 3.63) is 53.8 Å². The summed E-state index contributed by atoms with van der Waals surface area (Å²) < 4.78 is 38.9. The minimum absolute atomic E-state index is 0.0243. The Hall–Kier alpha value is -3.62. The standard InChI is InChI=1S/C34H50N4O9S/c1-7-37(8-2)16-17-48(44,45)28-13-15-38-31(28)34(43)47-32(22(3)4)24(6)11-12-29(41)35-14-9-10-23(5)18-25(39)19-26(40)20-30-36-27(21-46-30)33(38)42/h9-12,18,21-22,24-25,28,31-32,39H,7-8,13-17,19-20H2,1-6H3,(H,35,41)/b10-9-,12-11-,23-18-. The SMILES string of the molecule is CCN(CC)CCS(=O)(=O)C1CCN2C(=O)c3coc(n3)CC(=O)CC(O)/C=C(C)\C=C/CNC(=O)/C=C\C(C)C(C(C)C)OC(=O)C12. The van der Waals surface area contributed by atoms with Crippen molar-refractivity contribution in [2.75, 3.05) is 38.5 Å². The highest BCUT2D eigenvalue weighted by Crippen LogP contribution is 2.30. The normalized spacial score (nSPS) is 28.1. The van der Waals surface area contributed by atoms with Crippen LogP contribution in [0.5, 0.6) is 0 Å². The Labute approximate surface area is 283 Å². The van der Waals surface area contributed by atoms with Gasteiger partial charge in [-0.25, -0.2) is 18.2 Å². The molecule has 0 radical (unpaired) electrons. The Morgan fingerprint density at radius 1 is 1.15 bits per heavy atom. The summed E-state index contributed by atoms with van der Waals surface area (Å²) in [5.41, 5.74) is 0.505. The summed E-state index contributed by atoms with van der Waals surface area (Å²) in [6.45, 7) is 12.9. The molecule has 5 atom stereocenters. The van der Waals surface area contributed by atoms with Crippen LogP contribution in [-0.2, 0) is 35.4 Å². The van der Waals surface area contributed by atoms with Gasteiger partial charge in [0.05, 0.1) is 23.5 Å². The van der Waals surface area contributed by atoms with Gasteiger partial charge in [-0.1, -0.05) is 64.5 Å². The number of cyclic esters (lactones) is 1. The van der Waals surface area contributed by atoms with E-state index in [0.717, 1.165) is 11.2 Å². The second-order valence-corrected chi connectivity index (χ2v) is 15.0. The Bertz CT molecular complexity index is 1490. The van der Waals surface area contributed by atoms with Gasteiger partial charge in [0, 0.05) is 32.0 Å². The molecule has 266 valence electrons. The van der Waals surface area contributed by atoms with Crippen LogP contribution >= 0.6 is 0 Å². The molecular formula is C34H50N4O9S. The number of rotatable bonds is 7. The fourth-order valence-corrected chi connectivity index (χ4v) is 7.92. The van der Waals surface area contributed by atoms with Crippen LogP contribution in [0.1, 0.15) is 70.8 Å². The number of carbonyl (C=O) groups excluding carboxylic acids is 4. The number of Topliss-reactive ketones (excluding diaryl/α,β-unsaturated/α-hetero) is 1. The first-order chi connectivity index (χ1) is 22.7. The number of nitrogens with one attached hydrogen (secondary N) is 1. The van der Waals surface area contributed by atoms with Crippen molar-refractivity contribution in [3.8, 4) is 0 Å². The quantitative estimate of drug-likeness (QED) is 0.402. The molecule has 3 heterocycles. The summed E-state index contributed by atoms with van der Waals surface area (Å²) in [4.78, 5) is 60.3. The first kappa shape index (κ1) is 38.8. The fourth-order valence-electron chi connectivity index (χ4n) is 5.99. The van der Waals surface area contributed by atoms with Crippen molar-refractivity contribution in [1.82, 2.24) is 20.1 Å². The van der Waals surface area contributed by atoms with E-state index < -0.39 is 51.1 Å². The first-order valence-corrected chi connectivity index (χ1v) is 18.3. The molecule has 2 aliphatic rings. The summed E-state index contributed by atoms with van der Waals surface area (Å²) in [6, 6.07) is -1.44. The number of carbonyl (C=O) groups is 4. The molecule has 1 fully saturated rings. The highest BCUT2D eigenvalue weighted by molar-refractivity contribution is 7.92. The van der Waals surface area contributed by atoms with Crippen LogP contribution in [0.3, 0.4) is 0 Å². The van der Waals surface area contributed by atoms with E-state index in [4.69, 9.17) is 9.15 Å². The number of hydrogen-bond acceptors (Lipinski definition) is 11. The van der Waals surface area contributed by atoms with Crippen LogP contribution in [0.2, 0.25) is 0 Å². The lowest BCUT2D eigenvalue weighted by Crippen LogP contribution is -2.50. The zero-order chi connectivity index (χ0) is 35.6. The number of ether oxygens (including phenoxy) is 1. The van der Waals surface area contributed by atoms with Gasteiger partial charge in [-0.05, 0) is 38.4 Å². The average molecular weight is 691 g/mol. The lowest BCUT2D eigenvalue weighted by molar-refractivity contribution is -0.157. The van der Waals surface area contributed by atoms with Gasteiger partial charge in [-0.2, -0.15) is 0 Å². The van der Waals surface area contributed by atoms with Crippen molar-refractivity contribution in [2.24, 2.45) is 11.8 Å². The van der Waals surface area contributed by atoms with Gasteiger partial charge in [0.15, 0.2) is 15.5 Å². The molecule has 2 N–H and O–H groups in total. The van der Waals surface area contributed by atoms with E-state index in [0.29, 0.717) is 18.7 Å². The van der Waals surface area contributed by atoms with E-state index in [9.17, 15) is 32.7 Å². The third-order valence-corrected chi connectivity index (χ3v) is 10.8. The lowest BCUT2D eigenvalue weighted by Gasteiger charge is -2.31. The Morgan fingerprint density at radius 2 is 1.85 bits per heavy atom. The molecule has 1 saturated heterocycles. The summed E-state index contributed by atoms with van der Waals surface area (Å²) in [5.74, 6) is -3.23. The van der Waals surface area contributed by atoms with E-state index in [1.165, 1.54) is 12.2 Å². The average Bonchev–Trinajstić information content (AvgIpc) is 3.68. The number of aromatic nitrogens is 1. The maximum Gasteiger partial charge on any atom is 0.330 e. The molecule has 0 saturated carbocycles. The zero-order valence-electron chi connectivity index (χ0n) is 28.8. The fraction of sp³-hybridized carbons (Fsp3) is 0.618. The number of oxazole rings is 1. The van der Waals surface area contributed by atoms with Crippen LogP contribution in [0.4, 0.5) is 0 Å². The van der Waals surface area contributed by atoms with Crippen molar-refractivity contribution >= 4 is 33.4 Å². The van der Waals surface area contributed by atoms with Crippen LogP contribution < -0.4 is 5.32 Å². The Kier molecular flexibility index (Phi) is 14.3. The third kappa shape index (κ3) is 10.7. The van der Waals surface area contributed by atoms with Crippen molar-refractivity contribution in [1.29, 1.82) is 0 Å². The Balaban J connectivity index is 2.00. The van der Waals surface area contributed by atoms with Crippen LogP contribution in [0.15, 0.2) is 46.6 Å². The van der Waals surface area contributed by atoms with E-state index in [2.05, 4.69) is 10.3 Å². The molecule has 1 aromatic rings. The molecule has 2 amide bonds. The molecule has 5 unspecified atom stereocenters. The van der Waals surface area contributed by atoms with E-state index in [-0.39, 0.29) is 73.8 Å². The molecular weight excluding hydrogens is 640 g/mol. The van der Waals surface area contributed by atoms with E-state index in [1.54, 1.807) is 32.1 Å².